The van der Waals surface area contributed by atoms with Crippen LogP contribution in [-0.2, 0) is 16.1 Å². The lowest BCUT2D eigenvalue weighted by molar-refractivity contribution is -0.144. The Labute approximate surface area is 153 Å². The van der Waals surface area contributed by atoms with Gasteiger partial charge in [0, 0.05) is 16.6 Å². The van der Waals surface area contributed by atoms with Crippen LogP contribution in [0.3, 0.4) is 0 Å². The number of carbonyl (C=O) groups is 2. The Morgan fingerprint density at radius 3 is 2.52 bits per heavy atom. The number of carbonyl (C=O) groups excluding carboxylic acids is 2. The van der Waals surface area contributed by atoms with Gasteiger partial charge in [0.2, 0.25) is 0 Å². The zero-order valence-corrected chi connectivity index (χ0v) is 15.1. The van der Waals surface area contributed by atoms with Gasteiger partial charge in [0.1, 0.15) is 6.61 Å². The van der Waals surface area contributed by atoms with E-state index >= 15 is 0 Å². The van der Waals surface area contributed by atoms with Crippen molar-refractivity contribution in [2.45, 2.75) is 13.0 Å². The fourth-order valence-corrected chi connectivity index (χ4v) is 2.28. The van der Waals surface area contributed by atoms with E-state index in [9.17, 15) is 14.0 Å². The van der Waals surface area contributed by atoms with Crippen molar-refractivity contribution in [2.75, 3.05) is 13.7 Å². The van der Waals surface area contributed by atoms with E-state index < -0.39 is 11.8 Å². The first-order valence-electron chi connectivity index (χ1n) is 7.51. The minimum Gasteiger partial charge on any atom is -0.494 e. The van der Waals surface area contributed by atoms with Crippen LogP contribution in [0.5, 0.6) is 5.75 Å². The lowest BCUT2D eigenvalue weighted by Crippen LogP contribution is -2.26. The van der Waals surface area contributed by atoms with Crippen LogP contribution in [0.15, 0.2) is 46.9 Å². The van der Waals surface area contributed by atoms with Gasteiger partial charge in [-0.05, 0) is 42.0 Å². The van der Waals surface area contributed by atoms with Crippen LogP contribution in [0.4, 0.5) is 4.39 Å². The van der Waals surface area contributed by atoms with Crippen molar-refractivity contribution in [3.63, 3.8) is 0 Å². The molecule has 1 amide bonds. The second-order valence-corrected chi connectivity index (χ2v) is 6.06. The van der Waals surface area contributed by atoms with E-state index in [1.54, 1.807) is 30.3 Å². The van der Waals surface area contributed by atoms with E-state index in [0.717, 1.165) is 4.47 Å². The van der Waals surface area contributed by atoms with Crippen LogP contribution in [-0.4, -0.2) is 25.5 Å². The van der Waals surface area contributed by atoms with Gasteiger partial charge in [-0.1, -0.05) is 22.0 Å². The molecule has 0 aliphatic rings. The third-order valence-electron chi connectivity index (χ3n) is 3.34. The zero-order chi connectivity index (χ0) is 18.2. The molecule has 0 aromatic heterocycles. The van der Waals surface area contributed by atoms with E-state index in [0.29, 0.717) is 11.1 Å². The topological polar surface area (TPSA) is 64.6 Å². The molecule has 0 heterocycles. The van der Waals surface area contributed by atoms with E-state index in [1.165, 1.54) is 19.2 Å². The molecular formula is C18H17BrFNO4. The third kappa shape index (κ3) is 5.86. The number of nitrogens with one attached hydrogen (secondary N) is 1. The Hall–Kier alpha value is -2.41. The van der Waals surface area contributed by atoms with Gasteiger partial charge < -0.3 is 14.8 Å². The van der Waals surface area contributed by atoms with Gasteiger partial charge in [-0.15, -0.1) is 0 Å². The van der Waals surface area contributed by atoms with Crippen LogP contribution < -0.4 is 10.1 Å². The highest BCUT2D eigenvalue weighted by Crippen LogP contribution is 2.18. The number of amides is 1. The standard InChI is InChI=1S/C18H17BrFNO4/c1-24-16-7-2-12(10-15(16)20)11-25-17(22)8-9-21-18(23)13-3-5-14(19)6-4-13/h2-7,10H,8-9,11H2,1H3,(H,21,23). The number of esters is 1. The second-order valence-electron chi connectivity index (χ2n) is 5.14. The van der Waals surface area contributed by atoms with Gasteiger partial charge in [0.15, 0.2) is 11.6 Å². The molecular weight excluding hydrogens is 393 g/mol. The predicted octanol–water partition coefficient (Wildman–Crippen LogP) is 3.46. The Morgan fingerprint density at radius 1 is 1.16 bits per heavy atom. The minimum atomic E-state index is -0.516. The molecule has 0 fully saturated rings. The number of benzene rings is 2. The summed E-state index contributed by atoms with van der Waals surface area (Å²) in [5.41, 5.74) is 1.02. The summed E-state index contributed by atoms with van der Waals surface area (Å²) in [6.45, 7) is 0.116. The highest BCUT2D eigenvalue weighted by atomic mass is 79.9. The molecule has 7 heteroatoms. The Kier molecular flexibility index (Phi) is 6.94. The Balaban J connectivity index is 1.72. The van der Waals surface area contributed by atoms with Gasteiger partial charge in [0.05, 0.1) is 13.5 Å². The Bertz CT molecular complexity index is 749. The van der Waals surface area contributed by atoms with Crippen molar-refractivity contribution in [3.8, 4) is 5.75 Å². The summed E-state index contributed by atoms with van der Waals surface area (Å²) in [5, 5.41) is 2.64. The second kappa shape index (κ2) is 9.17. The monoisotopic (exact) mass is 409 g/mol. The molecule has 1 N–H and O–H groups in total. The number of methoxy groups -OCH3 is 1. The van der Waals surface area contributed by atoms with Crippen LogP contribution >= 0.6 is 15.9 Å². The average molecular weight is 410 g/mol. The van der Waals surface area contributed by atoms with Gasteiger partial charge in [-0.25, -0.2) is 4.39 Å². The van der Waals surface area contributed by atoms with Crippen molar-refractivity contribution in [1.29, 1.82) is 0 Å². The van der Waals surface area contributed by atoms with Gasteiger partial charge in [-0.2, -0.15) is 0 Å². The molecule has 0 aliphatic carbocycles. The van der Waals surface area contributed by atoms with Crippen molar-refractivity contribution in [3.05, 3.63) is 63.9 Å². The zero-order valence-electron chi connectivity index (χ0n) is 13.6. The first-order valence-corrected chi connectivity index (χ1v) is 8.30. The highest BCUT2D eigenvalue weighted by Gasteiger charge is 2.09. The van der Waals surface area contributed by atoms with E-state index in [1.807, 2.05) is 0 Å². The molecule has 2 rings (SSSR count). The lowest BCUT2D eigenvalue weighted by Gasteiger charge is -2.08. The molecule has 2 aromatic rings. The Morgan fingerprint density at radius 2 is 1.88 bits per heavy atom. The molecule has 0 spiro atoms. The molecule has 0 saturated carbocycles. The summed E-state index contributed by atoms with van der Waals surface area (Å²) in [6.07, 6.45) is 0.0287. The summed E-state index contributed by atoms with van der Waals surface area (Å²) >= 11 is 3.29. The molecule has 0 saturated heterocycles. The summed E-state index contributed by atoms with van der Waals surface area (Å²) in [7, 11) is 1.38. The van der Waals surface area contributed by atoms with Crippen LogP contribution in [0, 0.1) is 5.82 Å². The van der Waals surface area contributed by atoms with Gasteiger partial charge >= 0.3 is 5.97 Å². The molecule has 132 valence electrons. The first-order chi connectivity index (χ1) is 12.0. The number of rotatable bonds is 7. The largest absolute Gasteiger partial charge is 0.494 e. The van der Waals surface area contributed by atoms with Crippen molar-refractivity contribution in [2.24, 2.45) is 0 Å². The third-order valence-corrected chi connectivity index (χ3v) is 3.87. The lowest BCUT2D eigenvalue weighted by atomic mass is 10.2. The molecule has 2 aromatic carbocycles. The molecule has 0 unspecified atom stereocenters. The fourth-order valence-electron chi connectivity index (χ4n) is 2.02. The average Bonchev–Trinajstić information content (AvgIpc) is 2.60. The number of hydrogen-bond acceptors (Lipinski definition) is 4. The quantitative estimate of drug-likeness (QED) is 0.711. The van der Waals surface area contributed by atoms with E-state index in [4.69, 9.17) is 9.47 Å². The number of halogens is 2. The predicted molar refractivity (Wildman–Crippen MR) is 93.8 cm³/mol. The highest BCUT2D eigenvalue weighted by molar-refractivity contribution is 9.10. The van der Waals surface area contributed by atoms with E-state index in [-0.39, 0.29) is 31.2 Å². The smallest absolute Gasteiger partial charge is 0.307 e. The number of hydrogen-bond donors (Lipinski definition) is 1. The van der Waals surface area contributed by atoms with Crippen LogP contribution in [0.1, 0.15) is 22.3 Å². The summed E-state index contributed by atoms with van der Waals surface area (Å²) in [5.74, 6) is -1.13. The first kappa shape index (κ1) is 18.9. The van der Waals surface area contributed by atoms with Crippen molar-refractivity contribution >= 4 is 27.8 Å². The van der Waals surface area contributed by atoms with Gasteiger partial charge in [-0.3, -0.25) is 9.59 Å². The van der Waals surface area contributed by atoms with Crippen LogP contribution in [0.25, 0.3) is 0 Å². The maximum absolute atomic E-state index is 13.5. The molecule has 0 aliphatic heterocycles. The molecule has 25 heavy (non-hydrogen) atoms. The molecule has 0 bridgehead atoms. The van der Waals surface area contributed by atoms with E-state index in [2.05, 4.69) is 21.2 Å². The summed E-state index contributed by atoms with van der Waals surface area (Å²) < 4.78 is 24.3. The van der Waals surface area contributed by atoms with Crippen LogP contribution in [0.2, 0.25) is 0 Å². The summed E-state index contributed by atoms with van der Waals surface area (Å²) in [6, 6.07) is 11.2. The minimum absolute atomic E-state index is 0.0287. The maximum Gasteiger partial charge on any atom is 0.307 e. The molecule has 5 nitrogen and oxygen atoms in total. The van der Waals surface area contributed by atoms with Crippen molar-refractivity contribution in [1.82, 2.24) is 5.32 Å². The number of ether oxygens (including phenoxy) is 2. The summed E-state index contributed by atoms with van der Waals surface area (Å²) in [4.78, 5) is 23.6. The SMILES string of the molecule is COc1ccc(COC(=O)CCNC(=O)c2ccc(Br)cc2)cc1F. The molecule has 0 radical (unpaired) electrons. The van der Waals surface area contributed by atoms with Crippen molar-refractivity contribution < 1.29 is 23.5 Å². The fraction of sp³-hybridized carbons (Fsp3) is 0.222. The normalized spacial score (nSPS) is 10.2. The molecule has 0 atom stereocenters. The van der Waals surface area contributed by atoms with Gasteiger partial charge in [0.25, 0.3) is 5.91 Å². The maximum atomic E-state index is 13.5.